The zero-order valence-corrected chi connectivity index (χ0v) is 13.7. The van der Waals surface area contributed by atoms with Gasteiger partial charge in [-0.25, -0.2) is 0 Å². The highest BCUT2D eigenvalue weighted by Gasteiger charge is 2.20. The Morgan fingerprint density at radius 1 is 1.30 bits per heavy atom. The average molecular weight is 326 g/mol. The molecule has 0 fully saturated rings. The summed E-state index contributed by atoms with van der Waals surface area (Å²) in [4.78, 5) is 5.57. The summed E-state index contributed by atoms with van der Waals surface area (Å²) in [6.07, 6.45) is 2.16. The first kappa shape index (κ1) is 14.5. The monoisotopic (exact) mass is 326 g/mol. The average Bonchev–Trinajstić information content (AvgIpc) is 3.17. The van der Waals surface area contributed by atoms with Crippen molar-refractivity contribution >= 4 is 23.0 Å². The summed E-state index contributed by atoms with van der Waals surface area (Å²) in [5.41, 5.74) is 4.31. The Morgan fingerprint density at radius 3 is 3.04 bits per heavy atom. The molecule has 2 heterocycles. The molecule has 0 saturated heterocycles. The number of aliphatic hydroxyl groups excluding tert-OH is 1. The van der Waals surface area contributed by atoms with E-state index in [9.17, 15) is 5.11 Å². The van der Waals surface area contributed by atoms with E-state index in [1.165, 1.54) is 11.1 Å². The van der Waals surface area contributed by atoms with Crippen LogP contribution in [0, 0.1) is 6.92 Å². The second-order valence-corrected chi connectivity index (χ2v) is 6.82. The third-order valence-electron chi connectivity index (χ3n) is 4.24. The van der Waals surface area contributed by atoms with Crippen LogP contribution in [-0.2, 0) is 12.8 Å². The fourth-order valence-corrected chi connectivity index (χ4v) is 3.85. The minimum absolute atomic E-state index is 0.265. The molecule has 1 unspecified atom stereocenters. The van der Waals surface area contributed by atoms with Gasteiger partial charge in [-0.2, -0.15) is 4.98 Å². The zero-order valence-electron chi connectivity index (χ0n) is 12.9. The lowest BCUT2D eigenvalue weighted by atomic mass is 9.88. The second-order valence-electron chi connectivity index (χ2n) is 5.88. The van der Waals surface area contributed by atoms with Gasteiger partial charge in [0.1, 0.15) is 0 Å². The lowest BCUT2D eigenvalue weighted by Gasteiger charge is -2.23. The largest absolute Gasteiger partial charge is 0.422 e. The number of benzene rings is 1. The number of aromatic nitrogens is 1. The number of anilines is 2. The standard InChI is InChI=1S/C18H18N2O2S/c1-11-17(16-6-3-9-23-16)22-18(19-11)20-15-5-2-4-12-7-8-13(21)10-14(12)15/h2-6,9,13,21H,7-8,10H2,1H3,(H,19,20). The minimum atomic E-state index is -0.265. The fourth-order valence-electron chi connectivity index (χ4n) is 3.09. The minimum Gasteiger partial charge on any atom is -0.422 e. The maximum Gasteiger partial charge on any atom is 0.299 e. The van der Waals surface area contributed by atoms with E-state index in [2.05, 4.69) is 16.4 Å². The summed E-state index contributed by atoms with van der Waals surface area (Å²) in [5, 5.41) is 15.3. The number of fused-ring (bicyclic) bond motifs is 1. The van der Waals surface area contributed by atoms with Crippen molar-refractivity contribution in [1.82, 2.24) is 4.98 Å². The zero-order chi connectivity index (χ0) is 15.8. The van der Waals surface area contributed by atoms with Crippen LogP contribution in [0.5, 0.6) is 0 Å². The summed E-state index contributed by atoms with van der Waals surface area (Å²) in [7, 11) is 0. The van der Waals surface area contributed by atoms with Crippen LogP contribution in [0.25, 0.3) is 10.6 Å². The van der Waals surface area contributed by atoms with Crippen LogP contribution < -0.4 is 5.32 Å². The first-order valence-electron chi connectivity index (χ1n) is 7.78. The van der Waals surface area contributed by atoms with Crippen molar-refractivity contribution in [2.45, 2.75) is 32.3 Å². The first-order chi connectivity index (χ1) is 11.2. The summed E-state index contributed by atoms with van der Waals surface area (Å²) >= 11 is 1.64. The van der Waals surface area contributed by atoms with Crippen LogP contribution in [0.3, 0.4) is 0 Å². The number of oxazole rings is 1. The summed E-state index contributed by atoms with van der Waals surface area (Å²) < 4.78 is 5.91. The maximum atomic E-state index is 9.95. The summed E-state index contributed by atoms with van der Waals surface area (Å²) in [5.74, 6) is 0.812. The van der Waals surface area contributed by atoms with Gasteiger partial charge in [-0.3, -0.25) is 0 Å². The molecule has 1 aliphatic rings. The lowest BCUT2D eigenvalue weighted by Crippen LogP contribution is -2.19. The van der Waals surface area contributed by atoms with Crippen molar-refractivity contribution in [3.05, 3.63) is 52.5 Å². The predicted octanol–water partition coefficient (Wildman–Crippen LogP) is 4.30. The number of hydrogen-bond acceptors (Lipinski definition) is 5. The van der Waals surface area contributed by atoms with Gasteiger partial charge in [0.15, 0.2) is 5.76 Å². The Morgan fingerprint density at radius 2 is 2.22 bits per heavy atom. The maximum absolute atomic E-state index is 9.95. The molecule has 0 saturated carbocycles. The van der Waals surface area contributed by atoms with Crippen LogP contribution in [0.4, 0.5) is 11.7 Å². The van der Waals surface area contributed by atoms with E-state index in [1.54, 1.807) is 11.3 Å². The molecular formula is C18H18N2O2S. The molecule has 2 N–H and O–H groups in total. The third kappa shape index (κ3) is 2.78. The SMILES string of the molecule is Cc1nc(Nc2cccc3c2CC(O)CC3)oc1-c1cccs1. The van der Waals surface area contributed by atoms with Crippen molar-refractivity contribution in [2.75, 3.05) is 5.32 Å². The number of hydrogen-bond donors (Lipinski definition) is 2. The molecule has 23 heavy (non-hydrogen) atoms. The van der Waals surface area contributed by atoms with Gasteiger partial charge >= 0.3 is 0 Å². The summed E-state index contributed by atoms with van der Waals surface area (Å²) in [6.45, 7) is 1.95. The van der Waals surface area contributed by atoms with Gasteiger partial charge in [-0.15, -0.1) is 11.3 Å². The molecule has 0 aliphatic heterocycles. The smallest absolute Gasteiger partial charge is 0.299 e. The van der Waals surface area contributed by atoms with Crippen molar-refractivity contribution in [2.24, 2.45) is 0 Å². The Kier molecular flexibility index (Phi) is 3.67. The van der Waals surface area contributed by atoms with Crippen molar-refractivity contribution in [1.29, 1.82) is 0 Å². The molecule has 0 radical (unpaired) electrons. The molecule has 1 aliphatic carbocycles. The molecule has 0 amide bonds. The first-order valence-corrected chi connectivity index (χ1v) is 8.66. The molecule has 0 spiro atoms. The highest BCUT2D eigenvalue weighted by atomic mass is 32.1. The number of aliphatic hydroxyl groups is 1. The molecule has 1 atom stereocenters. The van der Waals surface area contributed by atoms with E-state index in [1.807, 2.05) is 36.6 Å². The van der Waals surface area contributed by atoms with Crippen LogP contribution >= 0.6 is 11.3 Å². The number of aryl methyl sites for hydroxylation is 2. The van der Waals surface area contributed by atoms with E-state index < -0.39 is 0 Å². The molecule has 118 valence electrons. The van der Waals surface area contributed by atoms with Gasteiger partial charge in [0, 0.05) is 12.1 Å². The van der Waals surface area contributed by atoms with Gasteiger partial charge in [0.05, 0.1) is 16.7 Å². The molecule has 4 nitrogen and oxygen atoms in total. The van der Waals surface area contributed by atoms with Crippen molar-refractivity contribution in [3.63, 3.8) is 0 Å². The fraction of sp³-hybridized carbons (Fsp3) is 0.278. The van der Waals surface area contributed by atoms with Gasteiger partial charge in [0.25, 0.3) is 6.01 Å². The molecule has 5 heteroatoms. The predicted molar refractivity (Wildman–Crippen MR) is 92.3 cm³/mol. The number of thiophene rings is 1. The topological polar surface area (TPSA) is 58.3 Å². The van der Waals surface area contributed by atoms with Crippen LogP contribution in [0.2, 0.25) is 0 Å². The third-order valence-corrected chi connectivity index (χ3v) is 5.11. The second kappa shape index (κ2) is 5.83. The van der Waals surface area contributed by atoms with E-state index in [4.69, 9.17) is 4.42 Å². The van der Waals surface area contributed by atoms with E-state index in [0.717, 1.165) is 34.9 Å². The van der Waals surface area contributed by atoms with Crippen molar-refractivity contribution in [3.8, 4) is 10.6 Å². The van der Waals surface area contributed by atoms with Gasteiger partial charge < -0.3 is 14.8 Å². The normalized spacial score (nSPS) is 17.0. The molecule has 0 bridgehead atoms. The molecule has 2 aromatic heterocycles. The molecular weight excluding hydrogens is 308 g/mol. The van der Waals surface area contributed by atoms with Crippen LogP contribution in [0.15, 0.2) is 40.1 Å². The van der Waals surface area contributed by atoms with E-state index in [0.29, 0.717) is 12.4 Å². The Balaban J connectivity index is 1.66. The number of nitrogens with zero attached hydrogens (tertiary/aromatic N) is 1. The Labute approximate surface area is 138 Å². The van der Waals surface area contributed by atoms with E-state index in [-0.39, 0.29) is 6.10 Å². The molecule has 1 aromatic carbocycles. The number of rotatable bonds is 3. The van der Waals surface area contributed by atoms with Crippen molar-refractivity contribution < 1.29 is 9.52 Å². The van der Waals surface area contributed by atoms with Gasteiger partial charge in [0.2, 0.25) is 0 Å². The Hall–Kier alpha value is -2.11. The quantitative estimate of drug-likeness (QED) is 0.753. The van der Waals surface area contributed by atoms with Crippen LogP contribution in [0.1, 0.15) is 23.2 Å². The van der Waals surface area contributed by atoms with E-state index >= 15 is 0 Å². The highest BCUT2D eigenvalue weighted by molar-refractivity contribution is 7.13. The van der Waals surface area contributed by atoms with Gasteiger partial charge in [-0.05, 0) is 48.4 Å². The summed E-state index contributed by atoms with van der Waals surface area (Å²) in [6, 6.07) is 10.7. The molecule has 4 rings (SSSR count). The number of nitrogens with one attached hydrogen (secondary N) is 1. The van der Waals surface area contributed by atoms with Gasteiger partial charge in [-0.1, -0.05) is 18.2 Å². The van der Waals surface area contributed by atoms with Crippen LogP contribution in [-0.4, -0.2) is 16.2 Å². The Bertz CT molecular complexity index is 824. The molecule has 3 aromatic rings. The lowest BCUT2D eigenvalue weighted by molar-refractivity contribution is 0.159. The highest BCUT2D eigenvalue weighted by Crippen LogP contribution is 2.33.